The highest BCUT2D eigenvalue weighted by molar-refractivity contribution is 6.28. The summed E-state index contributed by atoms with van der Waals surface area (Å²) in [5.41, 5.74) is 2.64. The maximum absolute atomic E-state index is 6.14. The van der Waals surface area contributed by atoms with Gasteiger partial charge in [0.1, 0.15) is 0 Å². The lowest BCUT2D eigenvalue weighted by Crippen LogP contribution is -1.94. The van der Waals surface area contributed by atoms with Gasteiger partial charge in [0.2, 0.25) is 5.28 Å². The highest BCUT2D eigenvalue weighted by Gasteiger charge is 2.14. The Hall–Kier alpha value is -2.40. The molecule has 0 amide bonds. The molecule has 4 rings (SSSR count). The predicted octanol–water partition coefficient (Wildman–Crippen LogP) is 2.93. The summed E-state index contributed by atoms with van der Waals surface area (Å²) in [6, 6.07) is 9.80. The molecule has 5 nitrogen and oxygen atoms in total. The van der Waals surface area contributed by atoms with Crippen LogP contribution in [0.25, 0.3) is 27.9 Å². The van der Waals surface area contributed by atoms with Gasteiger partial charge in [-0.05, 0) is 23.7 Å². The number of fused-ring (bicyclic) bond motifs is 2. The normalized spacial score (nSPS) is 11.4. The van der Waals surface area contributed by atoms with Crippen molar-refractivity contribution in [1.82, 2.24) is 24.6 Å². The molecule has 0 bridgehead atoms. The zero-order valence-electron chi connectivity index (χ0n) is 9.71. The number of nitrogens with zero attached hydrogens (tertiary/aromatic N) is 4. The van der Waals surface area contributed by atoms with Crippen LogP contribution in [-0.4, -0.2) is 24.6 Å². The van der Waals surface area contributed by atoms with E-state index in [0.29, 0.717) is 16.8 Å². The van der Waals surface area contributed by atoms with E-state index in [4.69, 9.17) is 11.6 Å². The van der Waals surface area contributed by atoms with Crippen molar-refractivity contribution in [3.63, 3.8) is 0 Å². The lowest BCUT2D eigenvalue weighted by atomic mass is 10.1. The zero-order chi connectivity index (χ0) is 12.8. The van der Waals surface area contributed by atoms with E-state index in [-0.39, 0.29) is 0 Å². The molecule has 0 saturated carbocycles. The van der Waals surface area contributed by atoms with Crippen molar-refractivity contribution in [2.75, 3.05) is 0 Å². The molecule has 6 heteroatoms. The summed E-state index contributed by atoms with van der Waals surface area (Å²) < 4.78 is 1.73. The first-order chi connectivity index (χ1) is 9.34. The third-order valence-corrected chi connectivity index (χ3v) is 3.37. The summed E-state index contributed by atoms with van der Waals surface area (Å²) in [6.45, 7) is 0. The van der Waals surface area contributed by atoms with Crippen LogP contribution in [-0.2, 0) is 0 Å². The first kappa shape index (κ1) is 10.5. The van der Waals surface area contributed by atoms with Gasteiger partial charge in [-0.3, -0.25) is 0 Å². The number of aromatic amines is 1. The van der Waals surface area contributed by atoms with E-state index in [0.717, 1.165) is 16.5 Å². The van der Waals surface area contributed by atoms with Gasteiger partial charge in [0, 0.05) is 29.4 Å². The molecule has 1 N–H and O–H groups in total. The molecule has 0 atom stereocenters. The monoisotopic (exact) mass is 269 g/mol. The summed E-state index contributed by atoms with van der Waals surface area (Å²) in [7, 11) is 0. The second-order valence-corrected chi connectivity index (χ2v) is 4.52. The van der Waals surface area contributed by atoms with Crippen LogP contribution >= 0.6 is 11.6 Å². The number of H-pyrrole nitrogens is 1. The Kier molecular flexibility index (Phi) is 2.10. The van der Waals surface area contributed by atoms with E-state index in [2.05, 4.69) is 20.2 Å². The average molecular weight is 270 g/mol. The molecule has 0 aliphatic heterocycles. The van der Waals surface area contributed by atoms with Crippen LogP contribution in [0.3, 0.4) is 0 Å². The minimum atomic E-state index is 0.348. The molecule has 1 aromatic carbocycles. The summed E-state index contributed by atoms with van der Waals surface area (Å²) in [5.74, 6) is 0.682. The van der Waals surface area contributed by atoms with Gasteiger partial charge in [0.05, 0.1) is 5.52 Å². The van der Waals surface area contributed by atoms with Crippen molar-refractivity contribution in [2.45, 2.75) is 0 Å². The van der Waals surface area contributed by atoms with E-state index in [1.165, 1.54) is 0 Å². The molecule has 0 radical (unpaired) electrons. The zero-order valence-corrected chi connectivity index (χ0v) is 10.5. The van der Waals surface area contributed by atoms with Crippen LogP contribution in [0.5, 0.6) is 0 Å². The van der Waals surface area contributed by atoms with Crippen LogP contribution in [0.1, 0.15) is 0 Å². The molecule has 0 unspecified atom stereocenters. The van der Waals surface area contributed by atoms with Crippen molar-refractivity contribution < 1.29 is 0 Å². The number of halogens is 1. The molecule has 0 aliphatic rings. The van der Waals surface area contributed by atoms with Crippen LogP contribution in [0.2, 0.25) is 5.28 Å². The van der Waals surface area contributed by atoms with Crippen LogP contribution < -0.4 is 0 Å². The lowest BCUT2D eigenvalue weighted by molar-refractivity contribution is 1.08. The fraction of sp³-hybridized carbons (Fsp3) is 0. The lowest BCUT2D eigenvalue weighted by Gasteiger charge is -2.03. The van der Waals surface area contributed by atoms with E-state index >= 15 is 0 Å². The molecule has 19 heavy (non-hydrogen) atoms. The van der Waals surface area contributed by atoms with Crippen LogP contribution in [0.4, 0.5) is 0 Å². The molecule has 0 fully saturated rings. The van der Waals surface area contributed by atoms with Gasteiger partial charge in [-0.1, -0.05) is 12.1 Å². The van der Waals surface area contributed by atoms with E-state index in [1.54, 1.807) is 16.7 Å². The Labute approximate surface area is 112 Å². The van der Waals surface area contributed by atoms with Gasteiger partial charge in [0.25, 0.3) is 0 Å². The molecule has 0 spiro atoms. The van der Waals surface area contributed by atoms with Gasteiger partial charge >= 0.3 is 0 Å². The second-order valence-electron chi connectivity index (χ2n) is 4.18. The molecular weight excluding hydrogens is 262 g/mol. The molecule has 4 aromatic rings. The molecular formula is C13H8ClN5. The Morgan fingerprint density at radius 3 is 3.00 bits per heavy atom. The summed E-state index contributed by atoms with van der Waals surface area (Å²) in [5, 5.41) is 9.81. The maximum atomic E-state index is 6.14. The third-order valence-electron chi connectivity index (χ3n) is 3.11. The van der Waals surface area contributed by atoms with Gasteiger partial charge in [-0.2, -0.15) is 0 Å². The Balaban J connectivity index is 2.13. The van der Waals surface area contributed by atoms with E-state index < -0.39 is 0 Å². The van der Waals surface area contributed by atoms with E-state index in [1.807, 2.05) is 30.5 Å². The number of para-hydroxylation sites is 1. The largest absolute Gasteiger partial charge is 0.361 e. The average Bonchev–Trinajstić information content (AvgIpc) is 3.05. The number of aromatic nitrogens is 5. The molecule has 92 valence electrons. The van der Waals surface area contributed by atoms with Gasteiger partial charge in [-0.25, -0.2) is 9.38 Å². The highest BCUT2D eigenvalue weighted by atomic mass is 35.5. The van der Waals surface area contributed by atoms with Gasteiger partial charge < -0.3 is 4.98 Å². The predicted molar refractivity (Wildman–Crippen MR) is 73.1 cm³/mol. The standard InChI is InChI=1S/C13H8ClN5/c14-13-16-7-5-10-17-18-12(19(10)13)9-3-1-2-8-4-6-15-11(8)9/h1-7,15H. The number of benzene rings is 1. The minimum absolute atomic E-state index is 0.348. The summed E-state index contributed by atoms with van der Waals surface area (Å²) in [4.78, 5) is 7.29. The van der Waals surface area contributed by atoms with Crippen molar-refractivity contribution in [3.05, 3.63) is 48.0 Å². The van der Waals surface area contributed by atoms with Gasteiger partial charge in [0.15, 0.2) is 11.5 Å². The van der Waals surface area contributed by atoms with Crippen molar-refractivity contribution in [3.8, 4) is 11.4 Å². The van der Waals surface area contributed by atoms with Crippen LogP contribution in [0.15, 0.2) is 42.7 Å². The van der Waals surface area contributed by atoms with E-state index in [9.17, 15) is 0 Å². The molecule has 3 heterocycles. The number of nitrogens with one attached hydrogen (secondary N) is 1. The fourth-order valence-electron chi connectivity index (χ4n) is 2.26. The number of hydrogen-bond acceptors (Lipinski definition) is 3. The summed E-state index contributed by atoms with van der Waals surface area (Å²) >= 11 is 6.14. The van der Waals surface area contributed by atoms with Crippen molar-refractivity contribution in [2.24, 2.45) is 0 Å². The first-order valence-electron chi connectivity index (χ1n) is 5.77. The molecule has 0 saturated heterocycles. The Morgan fingerprint density at radius 2 is 2.05 bits per heavy atom. The first-order valence-corrected chi connectivity index (χ1v) is 6.14. The topological polar surface area (TPSA) is 58.9 Å². The molecule has 0 aliphatic carbocycles. The number of rotatable bonds is 1. The minimum Gasteiger partial charge on any atom is -0.361 e. The SMILES string of the molecule is Clc1nccc2nnc(-c3cccc4cc[nH]c34)n12. The maximum Gasteiger partial charge on any atom is 0.210 e. The Morgan fingerprint density at radius 1 is 1.11 bits per heavy atom. The van der Waals surface area contributed by atoms with Gasteiger partial charge in [-0.15, -0.1) is 10.2 Å². The third kappa shape index (κ3) is 1.45. The Bertz CT molecular complexity index is 892. The van der Waals surface area contributed by atoms with Crippen molar-refractivity contribution >= 4 is 28.2 Å². The quantitative estimate of drug-likeness (QED) is 0.541. The van der Waals surface area contributed by atoms with Crippen molar-refractivity contribution in [1.29, 1.82) is 0 Å². The smallest absolute Gasteiger partial charge is 0.210 e. The highest BCUT2D eigenvalue weighted by Crippen LogP contribution is 2.27. The molecule has 3 aromatic heterocycles. The number of hydrogen-bond donors (Lipinski definition) is 1. The summed E-state index contributed by atoms with van der Waals surface area (Å²) in [6.07, 6.45) is 3.52. The second kappa shape index (κ2) is 3.80. The fourth-order valence-corrected chi connectivity index (χ4v) is 2.48. The van der Waals surface area contributed by atoms with Crippen LogP contribution in [0, 0.1) is 0 Å².